The molecule has 0 aliphatic carbocycles. The van der Waals surface area contributed by atoms with E-state index in [0.29, 0.717) is 12.1 Å². The Hall–Kier alpha value is -1.02. The molecule has 0 saturated carbocycles. The normalized spacial score (nSPS) is 31.9. The van der Waals surface area contributed by atoms with Crippen LogP contribution in [0.4, 0.5) is 5.69 Å². The van der Waals surface area contributed by atoms with Crippen molar-refractivity contribution in [1.82, 2.24) is 5.32 Å². The van der Waals surface area contributed by atoms with Crippen molar-refractivity contribution in [3.8, 4) is 0 Å². The molecule has 2 heteroatoms. The SMILES string of the molecule is CC1NCCC1CN1c2ccccc2CC1C. The maximum absolute atomic E-state index is 3.56. The van der Waals surface area contributed by atoms with Crippen LogP contribution in [-0.4, -0.2) is 25.2 Å². The predicted molar refractivity (Wildman–Crippen MR) is 72.5 cm³/mol. The molecule has 3 atom stereocenters. The van der Waals surface area contributed by atoms with Crippen LogP contribution in [0.2, 0.25) is 0 Å². The fourth-order valence-corrected chi connectivity index (χ4v) is 3.32. The van der Waals surface area contributed by atoms with E-state index in [9.17, 15) is 0 Å². The molecule has 1 aromatic carbocycles. The smallest absolute Gasteiger partial charge is 0.0402 e. The van der Waals surface area contributed by atoms with Crippen LogP contribution in [0.5, 0.6) is 0 Å². The lowest BCUT2D eigenvalue weighted by molar-refractivity contribution is 0.457. The van der Waals surface area contributed by atoms with Gasteiger partial charge in [0, 0.05) is 24.3 Å². The lowest BCUT2D eigenvalue weighted by atomic mass is 10.0. The minimum atomic E-state index is 0.667. The molecule has 1 fully saturated rings. The maximum Gasteiger partial charge on any atom is 0.0402 e. The first kappa shape index (κ1) is 11.1. The quantitative estimate of drug-likeness (QED) is 0.839. The Morgan fingerprint density at radius 2 is 2.12 bits per heavy atom. The highest BCUT2D eigenvalue weighted by atomic mass is 15.2. The van der Waals surface area contributed by atoms with E-state index in [-0.39, 0.29) is 0 Å². The standard InChI is InChI=1S/C15H22N2/c1-11-9-13-5-3-4-6-15(13)17(11)10-14-7-8-16-12(14)2/h3-6,11-12,14,16H,7-10H2,1-2H3. The largest absolute Gasteiger partial charge is 0.368 e. The molecule has 0 amide bonds. The van der Waals surface area contributed by atoms with Gasteiger partial charge in [-0.2, -0.15) is 0 Å². The van der Waals surface area contributed by atoms with E-state index in [1.165, 1.54) is 37.2 Å². The van der Waals surface area contributed by atoms with Gasteiger partial charge in [0.25, 0.3) is 0 Å². The number of rotatable bonds is 2. The summed E-state index contributed by atoms with van der Waals surface area (Å²) in [5.74, 6) is 0.809. The number of hydrogen-bond donors (Lipinski definition) is 1. The van der Waals surface area contributed by atoms with Gasteiger partial charge in [0.1, 0.15) is 0 Å². The number of nitrogens with one attached hydrogen (secondary N) is 1. The molecule has 1 aromatic rings. The van der Waals surface area contributed by atoms with Crippen LogP contribution in [0, 0.1) is 5.92 Å². The molecule has 1 saturated heterocycles. The fourth-order valence-electron chi connectivity index (χ4n) is 3.32. The highest BCUT2D eigenvalue weighted by Crippen LogP contribution is 2.33. The van der Waals surface area contributed by atoms with Crippen LogP contribution >= 0.6 is 0 Å². The molecule has 2 aliphatic heterocycles. The van der Waals surface area contributed by atoms with Gasteiger partial charge in [-0.15, -0.1) is 0 Å². The highest BCUT2D eigenvalue weighted by molar-refractivity contribution is 5.59. The van der Waals surface area contributed by atoms with Crippen molar-refractivity contribution in [2.45, 2.75) is 38.8 Å². The van der Waals surface area contributed by atoms with Crippen molar-refractivity contribution in [3.05, 3.63) is 29.8 Å². The van der Waals surface area contributed by atoms with E-state index >= 15 is 0 Å². The Morgan fingerprint density at radius 3 is 2.88 bits per heavy atom. The van der Waals surface area contributed by atoms with Crippen LogP contribution < -0.4 is 10.2 Å². The molecular formula is C15H22N2. The van der Waals surface area contributed by atoms with Gasteiger partial charge < -0.3 is 10.2 Å². The fraction of sp³-hybridized carbons (Fsp3) is 0.600. The molecule has 0 radical (unpaired) electrons. The monoisotopic (exact) mass is 230 g/mol. The summed E-state index contributed by atoms with van der Waals surface area (Å²) in [6.45, 7) is 7.08. The zero-order valence-corrected chi connectivity index (χ0v) is 10.8. The number of para-hydroxylation sites is 1. The number of anilines is 1. The Bertz CT molecular complexity index is 402. The van der Waals surface area contributed by atoms with Gasteiger partial charge in [0.15, 0.2) is 0 Å². The van der Waals surface area contributed by atoms with Crippen molar-refractivity contribution >= 4 is 5.69 Å². The third-order valence-electron chi connectivity index (χ3n) is 4.47. The summed E-state index contributed by atoms with van der Waals surface area (Å²) in [6, 6.07) is 10.2. The third kappa shape index (κ3) is 1.95. The molecule has 3 rings (SSSR count). The van der Waals surface area contributed by atoms with E-state index in [4.69, 9.17) is 0 Å². The molecule has 92 valence electrons. The highest BCUT2D eigenvalue weighted by Gasteiger charge is 2.31. The van der Waals surface area contributed by atoms with Gasteiger partial charge in [-0.05, 0) is 50.8 Å². The summed E-state index contributed by atoms with van der Waals surface area (Å²) >= 11 is 0. The average molecular weight is 230 g/mol. The summed E-state index contributed by atoms with van der Waals surface area (Å²) in [7, 11) is 0. The van der Waals surface area contributed by atoms with Crippen LogP contribution in [-0.2, 0) is 6.42 Å². The van der Waals surface area contributed by atoms with Crippen LogP contribution in [0.3, 0.4) is 0 Å². The van der Waals surface area contributed by atoms with Crippen molar-refractivity contribution < 1.29 is 0 Å². The van der Waals surface area contributed by atoms with Crippen molar-refractivity contribution in [2.24, 2.45) is 5.92 Å². The minimum absolute atomic E-state index is 0.667. The second-order valence-corrected chi connectivity index (χ2v) is 5.63. The molecule has 0 spiro atoms. The van der Waals surface area contributed by atoms with Crippen molar-refractivity contribution in [3.63, 3.8) is 0 Å². The van der Waals surface area contributed by atoms with Gasteiger partial charge >= 0.3 is 0 Å². The molecule has 0 bridgehead atoms. The van der Waals surface area contributed by atoms with Gasteiger partial charge in [0.2, 0.25) is 0 Å². The Labute approximate surface area is 104 Å². The van der Waals surface area contributed by atoms with Crippen LogP contribution in [0.25, 0.3) is 0 Å². The zero-order valence-electron chi connectivity index (χ0n) is 10.8. The molecule has 3 unspecified atom stereocenters. The van der Waals surface area contributed by atoms with Crippen molar-refractivity contribution in [1.29, 1.82) is 0 Å². The van der Waals surface area contributed by atoms with Crippen LogP contribution in [0.15, 0.2) is 24.3 Å². The summed E-state index contributed by atoms with van der Waals surface area (Å²) in [6.07, 6.45) is 2.54. The summed E-state index contributed by atoms with van der Waals surface area (Å²) in [4.78, 5) is 2.61. The van der Waals surface area contributed by atoms with E-state index in [1.54, 1.807) is 0 Å². The molecule has 2 heterocycles. The molecule has 2 aliphatic rings. The molecule has 1 N–H and O–H groups in total. The first-order chi connectivity index (χ1) is 8.25. The van der Waals surface area contributed by atoms with E-state index in [0.717, 1.165) is 5.92 Å². The Morgan fingerprint density at radius 1 is 1.29 bits per heavy atom. The van der Waals surface area contributed by atoms with Crippen LogP contribution in [0.1, 0.15) is 25.8 Å². The minimum Gasteiger partial charge on any atom is -0.368 e. The number of fused-ring (bicyclic) bond motifs is 1. The van der Waals surface area contributed by atoms with Crippen molar-refractivity contribution in [2.75, 3.05) is 18.0 Å². The Balaban J connectivity index is 1.79. The van der Waals surface area contributed by atoms with Gasteiger partial charge in [-0.25, -0.2) is 0 Å². The van der Waals surface area contributed by atoms with Gasteiger partial charge in [-0.1, -0.05) is 18.2 Å². The second-order valence-electron chi connectivity index (χ2n) is 5.63. The third-order valence-corrected chi connectivity index (χ3v) is 4.47. The lowest BCUT2D eigenvalue weighted by Gasteiger charge is -2.29. The topological polar surface area (TPSA) is 15.3 Å². The molecule has 0 aromatic heterocycles. The number of nitrogens with zero attached hydrogens (tertiary/aromatic N) is 1. The number of benzene rings is 1. The first-order valence-electron chi connectivity index (χ1n) is 6.83. The summed E-state index contributed by atoms with van der Waals surface area (Å²) in [5, 5.41) is 3.56. The second kappa shape index (κ2) is 4.34. The van der Waals surface area contributed by atoms with E-state index in [2.05, 4.69) is 48.3 Å². The maximum atomic E-state index is 3.56. The first-order valence-corrected chi connectivity index (χ1v) is 6.83. The zero-order chi connectivity index (χ0) is 11.8. The lowest BCUT2D eigenvalue weighted by Crippen LogP contribution is -2.37. The predicted octanol–water partition coefficient (Wildman–Crippen LogP) is 2.44. The number of hydrogen-bond acceptors (Lipinski definition) is 2. The Kier molecular flexibility index (Phi) is 2.83. The van der Waals surface area contributed by atoms with E-state index in [1.807, 2.05) is 0 Å². The van der Waals surface area contributed by atoms with E-state index < -0.39 is 0 Å². The molecular weight excluding hydrogens is 208 g/mol. The van der Waals surface area contributed by atoms with Gasteiger partial charge in [0.05, 0.1) is 0 Å². The average Bonchev–Trinajstić information content (AvgIpc) is 2.85. The summed E-state index contributed by atoms with van der Waals surface area (Å²) in [5.41, 5.74) is 3.00. The molecule has 17 heavy (non-hydrogen) atoms. The molecule has 2 nitrogen and oxygen atoms in total. The summed E-state index contributed by atoms with van der Waals surface area (Å²) < 4.78 is 0. The van der Waals surface area contributed by atoms with Gasteiger partial charge in [-0.3, -0.25) is 0 Å².